The second kappa shape index (κ2) is 7.19. The highest BCUT2D eigenvalue weighted by molar-refractivity contribution is 6.41. The normalized spacial score (nSPS) is 13.2. The predicted octanol–water partition coefficient (Wildman–Crippen LogP) is 3.42. The van der Waals surface area contributed by atoms with Crippen LogP contribution in [0.2, 0.25) is 0 Å². The van der Waals surface area contributed by atoms with Gasteiger partial charge in [-0.25, -0.2) is 0 Å². The number of likely N-dealkylation sites (N-methyl/N-ethyl adjacent to an activating group) is 1. The molecule has 0 unspecified atom stereocenters. The smallest absolute Gasteiger partial charge is 0.0691 e. The standard InChI is InChI=1S/C16H25N3/c1-12-8-7-9-13(2)16(12)18-15(4)14(3)17-10-11-19(5)6/h7-9H,10-11H2,1-6H3. The van der Waals surface area contributed by atoms with Crippen LogP contribution in [0.1, 0.15) is 25.0 Å². The van der Waals surface area contributed by atoms with Crippen LogP contribution >= 0.6 is 0 Å². The van der Waals surface area contributed by atoms with E-state index >= 15 is 0 Å². The number of benzene rings is 1. The fourth-order valence-corrected chi connectivity index (χ4v) is 1.76. The maximum atomic E-state index is 4.73. The van der Waals surface area contributed by atoms with Gasteiger partial charge in [-0.05, 0) is 52.9 Å². The minimum atomic E-state index is 0.818. The van der Waals surface area contributed by atoms with Gasteiger partial charge in [-0.1, -0.05) is 18.2 Å². The van der Waals surface area contributed by atoms with E-state index in [1.807, 2.05) is 13.8 Å². The van der Waals surface area contributed by atoms with E-state index in [1.165, 1.54) is 11.1 Å². The van der Waals surface area contributed by atoms with E-state index in [2.05, 4.69) is 56.0 Å². The number of hydrogen-bond donors (Lipinski definition) is 0. The second-order valence-electron chi connectivity index (χ2n) is 5.21. The molecule has 0 saturated heterocycles. The molecule has 0 amide bonds. The number of aliphatic imine (C=N–C) groups is 2. The fourth-order valence-electron chi connectivity index (χ4n) is 1.76. The third kappa shape index (κ3) is 4.95. The Balaban J connectivity index is 2.87. The number of para-hydroxylation sites is 1. The largest absolute Gasteiger partial charge is 0.308 e. The van der Waals surface area contributed by atoms with Gasteiger partial charge in [0, 0.05) is 6.54 Å². The van der Waals surface area contributed by atoms with E-state index < -0.39 is 0 Å². The first-order chi connectivity index (χ1) is 8.91. The van der Waals surface area contributed by atoms with Crippen molar-refractivity contribution in [3.63, 3.8) is 0 Å². The zero-order chi connectivity index (χ0) is 14.4. The molecule has 0 radical (unpaired) electrons. The Morgan fingerprint density at radius 1 is 1.05 bits per heavy atom. The Bertz CT molecular complexity index is 465. The summed E-state index contributed by atoms with van der Waals surface area (Å²) in [6.07, 6.45) is 0. The first-order valence-electron chi connectivity index (χ1n) is 6.69. The van der Waals surface area contributed by atoms with E-state index in [-0.39, 0.29) is 0 Å². The summed E-state index contributed by atoms with van der Waals surface area (Å²) in [6, 6.07) is 6.26. The van der Waals surface area contributed by atoms with Gasteiger partial charge < -0.3 is 4.90 Å². The summed E-state index contributed by atoms with van der Waals surface area (Å²) < 4.78 is 0. The zero-order valence-corrected chi connectivity index (χ0v) is 13.0. The second-order valence-corrected chi connectivity index (χ2v) is 5.21. The van der Waals surface area contributed by atoms with Gasteiger partial charge in [0.25, 0.3) is 0 Å². The molecule has 0 aromatic heterocycles. The maximum Gasteiger partial charge on any atom is 0.0691 e. The lowest BCUT2D eigenvalue weighted by Crippen LogP contribution is -2.17. The summed E-state index contributed by atoms with van der Waals surface area (Å²) in [7, 11) is 4.12. The highest BCUT2D eigenvalue weighted by atomic mass is 15.1. The van der Waals surface area contributed by atoms with Gasteiger partial charge in [0.05, 0.1) is 23.7 Å². The average Bonchev–Trinajstić information content (AvgIpc) is 2.33. The van der Waals surface area contributed by atoms with Crippen LogP contribution in [0, 0.1) is 13.8 Å². The molecule has 1 rings (SSSR count). The van der Waals surface area contributed by atoms with E-state index in [0.717, 1.165) is 30.2 Å². The van der Waals surface area contributed by atoms with Gasteiger partial charge in [-0.2, -0.15) is 0 Å². The van der Waals surface area contributed by atoms with E-state index in [1.54, 1.807) is 0 Å². The lowest BCUT2D eigenvalue weighted by atomic mass is 10.1. The summed E-state index contributed by atoms with van der Waals surface area (Å²) in [5, 5.41) is 0. The van der Waals surface area contributed by atoms with Crippen LogP contribution in [0.4, 0.5) is 5.69 Å². The molecular weight excluding hydrogens is 234 g/mol. The Morgan fingerprint density at radius 2 is 1.63 bits per heavy atom. The number of nitrogens with zero attached hydrogens (tertiary/aromatic N) is 3. The Morgan fingerprint density at radius 3 is 2.16 bits per heavy atom. The minimum Gasteiger partial charge on any atom is -0.308 e. The number of aryl methyl sites for hydroxylation is 2. The number of rotatable bonds is 5. The van der Waals surface area contributed by atoms with Crippen LogP contribution in [0.5, 0.6) is 0 Å². The van der Waals surface area contributed by atoms with Crippen LogP contribution in [0.25, 0.3) is 0 Å². The van der Waals surface area contributed by atoms with E-state index in [4.69, 9.17) is 4.99 Å². The Hall–Kier alpha value is -1.48. The highest BCUT2D eigenvalue weighted by Gasteiger charge is 2.03. The van der Waals surface area contributed by atoms with Crippen molar-refractivity contribution in [2.75, 3.05) is 27.2 Å². The number of hydrogen-bond acceptors (Lipinski definition) is 3. The van der Waals surface area contributed by atoms with Gasteiger partial charge in [-0.15, -0.1) is 0 Å². The van der Waals surface area contributed by atoms with Crippen molar-refractivity contribution in [3.05, 3.63) is 29.3 Å². The van der Waals surface area contributed by atoms with Crippen molar-refractivity contribution in [2.24, 2.45) is 9.98 Å². The topological polar surface area (TPSA) is 28.0 Å². The molecule has 0 atom stereocenters. The molecule has 0 fully saturated rings. The van der Waals surface area contributed by atoms with Crippen molar-refractivity contribution >= 4 is 17.1 Å². The molecule has 0 bridgehead atoms. The fraction of sp³-hybridized carbons (Fsp3) is 0.500. The van der Waals surface area contributed by atoms with Crippen LogP contribution in [-0.2, 0) is 0 Å². The molecular formula is C16H25N3. The van der Waals surface area contributed by atoms with Gasteiger partial charge in [-0.3, -0.25) is 9.98 Å². The zero-order valence-electron chi connectivity index (χ0n) is 13.0. The molecule has 19 heavy (non-hydrogen) atoms. The van der Waals surface area contributed by atoms with Gasteiger partial charge >= 0.3 is 0 Å². The summed E-state index contributed by atoms with van der Waals surface area (Å²) in [5.74, 6) is 0. The van der Waals surface area contributed by atoms with Gasteiger partial charge in [0.2, 0.25) is 0 Å². The Kier molecular flexibility index (Phi) is 5.90. The van der Waals surface area contributed by atoms with Crippen LogP contribution in [0.15, 0.2) is 28.2 Å². The van der Waals surface area contributed by atoms with Crippen molar-refractivity contribution < 1.29 is 0 Å². The molecule has 104 valence electrons. The summed E-state index contributed by atoms with van der Waals surface area (Å²) >= 11 is 0. The maximum absolute atomic E-state index is 4.73. The monoisotopic (exact) mass is 259 g/mol. The molecule has 0 aliphatic heterocycles. The summed E-state index contributed by atoms with van der Waals surface area (Å²) in [4.78, 5) is 11.4. The summed E-state index contributed by atoms with van der Waals surface area (Å²) in [6.45, 7) is 10.0. The molecule has 0 saturated carbocycles. The molecule has 0 aliphatic rings. The first-order valence-corrected chi connectivity index (χ1v) is 6.69. The van der Waals surface area contributed by atoms with Crippen molar-refractivity contribution in [3.8, 4) is 0 Å². The van der Waals surface area contributed by atoms with Crippen molar-refractivity contribution in [1.29, 1.82) is 0 Å². The van der Waals surface area contributed by atoms with E-state index in [9.17, 15) is 0 Å². The molecule has 0 N–H and O–H groups in total. The first kappa shape index (κ1) is 15.6. The molecule has 3 nitrogen and oxygen atoms in total. The third-order valence-corrected chi connectivity index (χ3v) is 3.14. The molecule has 1 aromatic rings. The van der Waals surface area contributed by atoms with Crippen LogP contribution < -0.4 is 0 Å². The Labute approximate surface area is 117 Å². The lowest BCUT2D eigenvalue weighted by molar-refractivity contribution is 0.420. The molecule has 0 aliphatic carbocycles. The van der Waals surface area contributed by atoms with E-state index in [0.29, 0.717) is 0 Å². The quantitative estimate of drug-likeness (QED) is 0.745. The third-order valence-electron chi connectivity index (χ3n) is 3.14. The molecule has 0 heterocycles. The van der Waals surface area contributed by atoms with Crippen molar-refractivity contribution in [1.82, 2.24) is 4.90 Å². The van der Waals surface area contributed by atoms with Gasteiger partial charge in [0.15, 0.2) is 0 Å². The average molecular weight is 259 g/mol. The summed E-state index contributed by atoms with van der Waals surface area (Å²) in [5.41, 5.74) is 5.50. The molecule has 0 spiro atoms. The molecule has 1 aromatic carbocycles. The van der Waals surface area contributed by atoms with Crippen LogP contribution in [-0.4, -0.2) is 43.5 Å². The predicted molar refractivity (Wildman–Crippen MR) is 85.2 cm³/mol. The lowest BCUT2D eigenvalue weighted by Gasteiger charge is -2.08. The van der Waals surface area contributed by atoms with Crippen molar-refractivity contribution in [2.45, 2.75) is 27.7 Å². The van der Waals surface area contributed by atoms with Crippen LogP contribution in [0.3, 0.4) is 0 Å². The molecule has 3 heteroatoms. The SMILES string of the molecule is CC(=NCCN(C)C)C(C)=Nc1c(C)cccc1C. The van der Waals surface area contributed by atoms with Gasteiger partial charge in [0.1, 0.15) is 0 Å². The minimum absolute atomic E-state index is 0.818. The highest BCUT2D eigenvalue weighted by Crippen LogP contribution is 2.23.